The van der Waals surface area contributed by atoms with E-state index in [4.69, 9.17) is 4.74 Å². The minimum atomic E-state index is -3.82. The fourth-order valence-corrected chi connectivity index (χ4v) is 7.60. The first kappa shape index (κ1) is 27.4. The van der Waals surface area contributed by atoms with Gasteiger partial charge in [-0.2, -0.15) is 0 Å². The normalized spacial score (nSPS) is 28.9. The van der Waals surface area contributed by atoms with Crippen LogP contribution >= 0.6 is 0 Å². The van der Waals surface area contributed by atoms with Gasteiger partial charge in [0.25, 0.3) is 0 Å². The van der Waals surface area contributed by atoms with Crippen molar-refractivity contribution in [2.45, 2.75) is 133 Å². The molecule has 0 aromatic heterocycles. The van der Waals surface area contributed by atoms with Crippen molar-refractivity contribution in [1.29, 1.82) is 0 Å². The molecule has 0 aliphatic heterocycles. The number of hydrogen-bond acceptors (Lipinski definition) is 5. The van der Waals surface area contributed by atoms with Gasteiger partial charge in [0.1, 0.15) is 5.25 Å². The zero-order chi connectivity index (χ0) is 24.4. The molecule has 0 bridgehead atoms. The maximum Gasteiger partial charge on any atom is 0.239 e. The van der Waals surface area contributed by atoms with Gasteiger partial charge in [-0.15, -0.1) is 0 Å². The van der Waals surface area contributed by atoms with Gasteiger partial charge in [0.2, 0.25) is 21.8 Å². The average molecular weight is 499 g/mol. The highest BCUT2D eigenvalue weighted by Crippen LogP contribution is 2.30. The molecule has 4 atom stereocenters. The SMILES string of the molecule is CCCCCC(=O)NS(=O)(=O)C1CCCCC1NC(=O)C1CCCC(OCC2CCCCC2)C1. The largest absolute Gasteiger partial charge is 0.378 e. The van der Waals surface area contributed by atoms with Crippen molar-refractivity contribution in [2.75, 3.05) is 6.61 Å². The van der Waals surface area contributed by atoms with Crippen LogP contribution in [0.25, 0.3) is 0 Å². The van der Waals surface area contributed by atoms with Crippen LogP contribution in [0, 0.1) is 11.8 Å². The first-order chi connectivity index (χ1) is 16.4. The van der Waals surface area contributed by atoms with Crippen molar-refractivity contribution in [2.24, 2.45) is 11.8 Å². The summed E-state index contributed by atoms with van der Waals surface area (Å²) in [6, 6.07) is -0.439. The molecule has 8 heteroatoms. The lowest BCUT2D eigenvalue weighted by Gasteiger charge is -2.35. The Hall–Kier alpha value is -1.15. The summed E-state index contributed by atoms with van der Waals surface area (Å²) in [5, 5.41) is 2.32. The molecular weight excluding hydrogens is 452 g/mol. The Morgan fingerprint density at radius 3 is 2.38 bits per heavy atom. The molecule has 34 heavy (non-hydrogen) atoms. The van der Waals surface area contributed by atoms with E-state index in [2.05, 4.69) is 10.0 Å². The number of unbranched alkanes of at least 4 members (excludes halogenated alkanes) is 2. The standard InChI is InChI=1S/C26H46N2O5S/c1-2-3-5-17-25(29)28-34(31,32)24-16-9-8-15-23(24)27-26(30)21-13-10-14-22(18-21)33-19-20-11-6-4-7-12-20/h20-24H,2-19H2,1H3,(H,27,30)(H,28,29). The smallest absolute Gasteiger partial charge is 0.239 e. The third-order valence-corrected chi connectivity index (χ3v) is 9.86. The lowest BCUT2D eigenvalue weighted by molar-refractivity contribution is -0.129. The quantitative estimate of drug-likeness (QED) is 0.406. The summed E-state index contributed by atoms with van der Waals surface area (Å²) < 4.78 is 34.5. The highest BCUT2D eigenvalue weighted by Gasteiger charge is 2.39. The van der Waals surface area contributed by atoms with E-state index in [1.807, 2.05) is 6.92 Å². The molecule has 0 aromatic carbocycles. The predicted molar refractivity (Wildman–Crippen MR) is 134 cm³/mol. The minimum absolute atomic E-state index is 0.0488. The fourth-order valence-electron chi connectivity index (χ4n) is 5.92. The summed E-state index contributed by atoms with van der Waals surface area (Å²) in [4.78, 5) is 25.3. The molecule has 3 aliphatic rings. The van der Waals surface area contributed by atoms with Crippen LogP contribution < -0.4 is 10.0 Å². The molecule has 0 saturated heterocycles. The van der Waals surface area contributed by atoms with Crippen LogP contribution in [-0.2, 0) is 24.3 Å². The Morgan fingerprint density at radius 1 is 0.882 bits per heavy atom. The lowest BCUT2D eigenvalue weighted by atomic mass is 9.85. The van der Waals surface area contributed by atoms with E-state index in [0.29, 0.717) is 25.2 Å². The van der Waals surface area contributed by atoms with E-state index in [1.165, 1.54) is 32.1 Å². The zero-order valence-corrected chi connectivity index (χ0v) is 21.9. The maximum absolute atomic E-state index is 13.1. The summed E-state index contributed by atoms with van der Waals surface area (Å²) in [5.41, 5.74) is 0. The predicted octanol–water partition coefficient (Wildman–Crippen LogP) is 4.60. The second-order valence-electron chi connectivity index (χ2n) is 10.8. The number of hydrogen-bond donors (Lipinski definition) is 2. The van der Waals surface area contributed by atoms with Gasteiger partial charge in [-0.1, -0.05) is 58.3 Å². The molecule has 196 valence electrons. The topological polar surface area (TPSA) is 102 Å². The minimum Gasteiger partial charge on any atom is -0.378 e. The number of carbonyl (C=O) groups is 2. The van der Waals surface area contributed by atoms with Crippen molar-refractivity contribution in [3.63, 3.8) is 0 Å². The van der Waals surface area contributed by atoms with Crippen molar-refractivity contribution in [1.82, 2.24) is 10.0 Å². The number of nitrogens with one attached hydrogen (secondary N) is 2. The van der Waals surface area contributed by atoms with Crippen molar-refractivity contribution in [3.8, 4) is 0 Å². The van der Waals surface area contributed by atoms with E-state index in [1.54, 1.807) is 0 Å². The molecule has 2 N–H and O–H groups in total. The molecular formula is C26H46N2O5S. The molecule has 3 rings (SSSR count). The highest BCUT2D eigenvalue weighted by molar-refractivity contribution is 7.90. The van der Waals surface area contributed by atoms with Crippen molar-refractivity contribution >= 4 is 21.8 Å². The summed E-state index contributed by atoms with van der Waals surface area (Å²) >= 11 is 0. The van der Waals surface area contributed by atoms with Crippen LogP contribution in [0.1, 0.15) is 116 Å². The van der Waals surface area contributed by atoms with Crippen molar-refractivity contribution in [3.05, 3.63) is 0 Å². The number of ether oxygens (including phenoxy) is 1. The monoisotopic (exact) mass is 498 g/mol. The molecule has 3 saturated carbocycles. The second kappa shape index (κ2) is 13.8. The molecule has 0 radical (unpaired) electrons. The summed E-state index contributed by atoms with van der Waals surface area (Å²) in [6.45, 7) is 2.85. The molecule has 0 heterocycles. The van der Waals surface area contributed by atoms with E-state index in [0.717, 1.165) is 58.0 Å². The van der Waals surface area contributed by atoms with E-state index in [9.17, 15) is 18.0 Å². The Bertz CT molecular complexity index is 750. The molecule has 3 aliphatic carbocycles. The van der Waals surface area contributed by atoms with Gasteiger partial charge in [-0.05, 0) is 57.3 Å². The molecule has 4 unspecified atom stereocenters. The van der Waals surface area contributed by atoms with Crippen LogP contribution in [0.3, 0.4) is 0 Å². The van der Waals surface area contributed by atoms with Crippen LogP contribution in [0.15, 0.2) is 0 Å². The van der Waals surface area contributed by atoms with Gasteiger partial charge in [-0.25, -0.2) is 8.42 Å². The molecule has 3 fully saturated rings. The molecule has 7 nitrogen and oxygen atoms in total. The lowest BCUT2D eigenvalue weighted by Crippen LogP contribution is -2.54. The Kier molecular flexibility index (Phi) is 11.1. The van der Waals surface area contributed by atoms with Gasteiger partial charge >= 0.3 is 0 Å². The third kappa shape index (κ3) is 8.51. The van der Waals surface area contributed by atoms with Gasteiger partial charge in [0.05, 0.1) is 6.10 Å². The van der Waals surface area contributed by atoms with Crippen LogP contribution in [0.5, 0.6) is 0 Å². The molecule has 2 amide bonds. The molecule has 0 aromatic rings. The van der Waals surface area contributed by atoms with E-state index in [-0.39, 0.29) is 24.3 Å². The summed E-state index contributed by atoms with van der Waals surface area (Å²) in [5.74, 6) is 0.0500. The van der Waals surface area contributed by atoms with E-state index < -0.39 is 27.2 Å². The van der Waals surface area contributed by atoms with Crippen LogP contribution in [0.4, 0.5) is 0 Å². The highest BCUT2D eigenvalue weighted by atomic mass is 32.2. The fraction of sp³-hybridized carbons (Fsp3) is 0.923. The van der Waals surface area contributed by atoms with Gasteiger partial charge in [0.15, 0.2) is 0 Å². The number of sulfonamides is 1. The number of rotatable bonds is 11. The van der Waals surface area contributed by atoms with Crippen LogP contribution in [0.2, 0.25) is 0 Å². The number of carbonyl (C=O) groups excluding carboxylic acids is 2. The maximum atomic E-state index is 13.1. The van der Waals surface area contributed by atoms with Crippen molar-refractivity contribution < 1.29 is 22.7 Å². The number of amides is 2. The Balaban J connectivity index is 1.50. The second-order valence-corrected chi connectivity index (χ2v) is 12.7. The third-order valence-electron chi connectivity index (χ3n) is 7.98. The summed E-state index contributed by atoms with van der Waals surface area (Å²) in [6.07, 6.45) is 15.7. The van der Waals surface area contributed by atoms with Gasteiger partial charge in [0, 0.05) is 25.0 Å². The van der Waals surface area contributed by atoms with Gasteiger partial charge < -0.3 is 10.1 Å². The average Bonchev–Trinajstić information content (AvgIpc) is 2.84. The molecule has 0 spiro atoms. The Labute approximate surface area is 206 Å². The summed E-state index contributed by atoms with van der Waals surface area (Å²) in [7, 11) is -3.82. The zero-order valence-electron chi connectivity index (χ0n) is 21.1. The van der Waals surface area contributed by atoms with Crippen LogP contribution in [-0.4, -0.2) is 44.2 Å². The Morgan fingerprint density at radius 2 is 1.62 bits per heavy atom. The first-order valence-electron chi connectivity index (χ1n) is 13.9. The van der Waals surface area contributed by atoms with E-state index >= 15 is 0 Å². The van der Waals surface area contributed by atoms with Gasteiger partial charge in [-0.3, -0.25) is 14.3 Å². The first-order valence-corrected chi connectivity index (χ1v) is 15.4.